The summed E-state index contributed by atoms with van der Waals surface area (Å²) in [6.45, 7) is 3.78. The Bertz CT molecular complexity index is 1550. The van der Waals surface area contributed by atoms with Gasteiger partial charge in [0.05, 0.1) is 36.1 Å². The van der Waals surface area contributed by atoms with E-state index in [9.17, 15) is 9.59 Å². The molecule has 1 amide bonds. The number of hydrogen-bond donors (Lipinski definition) is 3. The van der Waals surface area contributed by atoms with Gasteiger partial charge in [0.1, 0.15) is 18.1 Å². The molecule has 3 aromatic carbocycles. The largest absolute Gasteiger partial charge is 0.489 e. The molecular formula is C31H29N5O5S. The van der Waals surface area contributed by atoms with E-state index in [1.807, 2.05) is 24.3 Å². The van der Waals surface area contributed by atoms with Crippen molar-refractivity contribution in [3.05, 3.63) is 106 Å². The summed E-state index contributed by atoms with van der Waals surface area (Å²) in [5.41, 5.74) is 6.34. The normalized spacial score (nSPS) is 14.4. The topological polar surface area (TPSA) is 134 Å². The first kappa shape index (κ1) is 29.8. The fourth-order valence-electron chi connectivity index (χ4n) is 4.10. The zero-order chi connectivity index (χ0) is 29.9. The van der Waals surface area contributed by atoms with Crippen LogP contribution in [0.1, 0.15) is 42.1 Å². The van der Waals surface area contributed by atoms with E-state index in [0.29, 0.717) is 45.6 Å². The molecule has 1 atom stereocenters. The van der Waals surface area contributed by atoms with Crippen molar-refractivity contribution in [2.24, 2.45) is 5.10 Å². The summed E-state index contributed by atoms with van der Waals surface area (Å²) >= 11 is 5.30. The quantitative estimate of drug-likeness (QED) is 0.132. The molecule has 0 saturated heterocycles. The molecule has 1 aliphatic heterocycles. The molecule has 1 heterocycles. The molecule has 0 aliphatic carbocycles. The first-order valence-electron chi connectivity index (χ1n) is 13.1. The van der Waals surface area contributed by atoms with Gasteiger partial charge in [-0.15, -0.1) is 0 Å². The van der Waals surface area contributed by atoms with Gasteiger partial charge in [0, 0.05) is 11.3 Å². The third-order valence-electron chi connectivity index (χ3n) is 6.12. The van der Waals surface area contributed by atoms with E-state index in [1.54, 1.807) is 62.4 Å². The minimum absolute atomic E-state index is 0.226. The molecule has 0 radical (unpaired) electrons. The Hall–Kier alpha value is -5.21. The van der Waals surface area contributed by atoms with Crippen molar-refractivity contribution in [3.63, 3.8) is 0 Å². The third kappa shape index (κ3) is 7.93. The van der Waals surface area contributed by atoms with Crippen LogP contribution in [0, 0.1) is 11.3 Å². The number of nitrogens with zero attached hydrogens (tertiary/aromatic N) is 2. The first-order valence-corrected chi connectivity index (χ1v) is 13.5. The molecule has 0 spiro atoms. The van der Waals surface area contributed by atoms with E-state index in [4.69, 9.17) is 31.7 Å². The molecule has 3 aromatic rings. The monoisotopic (exact) mass is 583 g/mol. The number of esters is 1. The van der Waals surface area contributed by atoms with Crippen LogP contribution in [0.15, 0.2) is 89.2 Å². The third-order valence-corrected chi connectivity index (χ3v) is 6.34. The Morgan fingerprint density at radius 3 is 2.52 bits per heavy atom. The van der Waals surface area contributed by atoms with Gasteiger partial charge < -0.3 is 24.8 Å². The fourth-order valence-corrected chi connectivity index (χ4v) is 4.37. The molecule has 11 heteroatoms. The molecule has 10 nitrogen and oxygen atoms in total. The molecule has 214 valence electrons. The summed E-state index contributed by atoms with van der Waals surface area (Å²) in [7, 11) is 0. The van der Waals surface area contributed by atoms with Crippen molar-refractivity contribution in [2.45, 2.75) is 26.5 Å². The summed E-state index contributed by atoms with van der Waals surface area (Å²) in [6, 6.07) is 23.0. The summed E-state index contributed by atoms with van der Waals surface area (Å²) in [5.74, 6) is 0.141. The van der Waals surface area contributed by atoms with Crippen LogP contribution in [0.2, 0.25) is 0 Å². The molecule has 4 rings (SSSR count). The van der Waals surface area contributed by atoms with Gasteiger partial charge in [0.15, 0.2) is 11.7 Å². The van der Waals surface area contributed by atoms with Crippen LogP contribution in [-0.4, -0.2) is 36.4 Å². The Morgan fingerprint density at radius 2 is 1.81 bits per heavy atom. The zero-order valence-electron chi connectivity index (χ0n) is 23.0. The molecular weight excluding hydrogens is 554 g/mol. The molecule has 3 N–H and O–H groups in total. The van der Waals surface area contributed by atoms with Crippen molar-refractivity contribution in [3.8, 4) is 17.6 Å². The molecule has 0 fully saturated rings. The van der Waals surface area contributed by atoms with Gasteiger partial charge >= 0.3 is 5.97 Å². The van der Waals surface area contributed by atoms with E-state index >= 15 is 0 Å². The first-order chi connectivity index (χ1) is 20.4. The van der Waals surface area contributed by atoms with Crippen LogP contribution in [0.5, 0.6) is 11.5 Å². The lowest BCUT2D eigenvalue weighted by Gasteiger charge is -2.30. The number of para-hydroxylation sites is 1. The maximum absolute atomic E-state index is 12.7. The van der Waals surface area contributed by atoms with Crippen molar-refractivity contribution in [1.29, 1.82) is 5.26 Å². The van der Waals surface area contributed by atoms with Crippen LogP contribution in [0.25, 0.3) is 0 Å². The lowest BCUT2D eigenvalue weighted by molar-refractivity contribution is -0.139. The maximum atomic E-state index is 12.7. The number of benzene rings is 3. The molecule has 42 heavy (non-hydrogen) atoms. The Kier molecular flexibility index (Phi) is 10.2. The summed E-state index contributed by atoms with van der Waals surface area (Å²) in [4.78, 5) is 25.2. The predicted octanol–water partition coefficient (Wildman–Crippen LogP) is 4.02. The van der Waals surface area contributed by atoms with Gasteiger partial charge in [0.2, 0.25) is 0 Å². The second-order valence-electron chi connectivity index (χ2n) is 9.08. The zero-order valence-corrected chi connectivity index (χ0v) is 23.9. The number of hydrogen-bond acceptors (Lipinski definition) is 8. The average Bonchev–Trinajstić information content (AvgIpc) is 2.99. The van der Waals surface area contributed by atoms with E-state index in [1.165, 1.54) is 6.21 Å². The van der Waals surface area contributed by atoms with Crippen LogP contribution in [0.4, 0.5) is 0 Å². The van der Waals surface area contributed by atoms with Crippen LogP contribution in [-0.2, 0) is 20.9 Å². The van der Waals surface area contributed by atoms with Crippen LogP contribution >= 0.6 is 12.2 Å². The number of nitrogens with one attached hydrogen (secondary N) is 3. The van der Waals surface area contributed by atoms with Gasteiger partial charge in [-0.25, -0.2) is 10.2 Å². The highest BCUT2D eigenvalue weighted by atomic mass is 32.1. The average molecular weight is 584 g/mol. The highest BCUT2D eigenvalue weighted by Crippen LogP contribution is 2.33. The second kappa shape index (κ2) is 14.4. The van der Waals surface area contributed by atoms with Crippen LogP contribution in [0.3, 0.4) is 0 Å². The molecule has 0 bridgehead atoms. The molecule has 0 unspecified atom stereocenters. The number of amides is 1. The fraction of sp³-hybridized carbons (Fsp3) is 0.194. The van der Waals surface area contributed by atoms with E-state index < -0.39 is 17.9 Å². The van der Waals surface area contributed by atoms with Crippen LogP contribution < -0.4 is 25.5 Å². The minimum atomic E-state index is -0.619. The van der Waals surface area contributed by atoms with E-state index in [-0.39, 0.29) is 13.2 Å². The lowest BCUT2D eigenvalue weighted by atomic mass is 9.95. The van der Waals surface area contributed by atoms with Crippen molar-refractivity contribution in [1.82, 2.24) is 16.1 Å². The smallest absolute Gasteiger partial charge is 0.338 e. The van der Waals surface area contributed by atoms with Gasteiger partial charge in [-0.1, -0.05) is 30.3 Å². The number of thiocarbonyl (C=S) groups is 1. The molecule has 1 aliphatic rings. The van der Waals surface area contributed by atoms with Crippen molar-refractivity contribution >= 4 is 35.4 Å². The number of hydrazone groups is 1. The Morgan fingerprint density at radius 1 is 1.07 bits per heavy atom. The number of rotatable bonds is 11. The van der Waals surface area contributed by atoms with Gasteiger partial charge in [-0.2, -0.15) is 10.4 Å². The highest BCUT2D eigenvalue weighted by Gasteiger charge is 2.32. The molecule has 0 saturated carbocycles. The van der Waals surface area contributed by atoms with Gasteiger partial charge in [-0.3, -0.25) is 4.79 Å². The number of carbonyl (C=O) groups is 2. The number of nitriles is 1. The Balaban J connectivity index is 1.31. The predicted molar refractivity (Wildman–Crippen MR) is 161 cm³/mol. The summed E-state index contributed by atoms with van der Waals surface area (Å²) in [6.07, 6.45) is 1.51. The summed E-state index contributed by atoms with van der Waals surface area (Å²) in [5, 5.41) is 19.3. The minimum Gasteiger partial charge on any atom is -0.489 e. The van der Waals surface area contributed by atoms with Gasteiger partial charge in [-0.05, 0) is 79.7 Å². The number of carbonyl (C=O) groups excluding carboxylic acids is 2. The Labute approximate surface area is 249 Å². The van der Waals surface area contributed by atoms with Gasteiger partial charge in [0.25, 0.3) is 5.91 Å². The van der Waals surface area contributed by atoms with Crippen molar-refractivity contribution < 1.29 is 23.8 Å². The summed E-state index contributed by atoms with van der Waals surface area (Å²) < 4.78 is 16.8. The highest BCUT2D eigenvalue weighted by molar-refractivity contribution is 7.80. The lowest BCUT2D eigenvalue weighted by Crippen LogP contribution is -2.45. The number of ether oxygens (including phenoxy) is 3. The second-order valence-corrected chi connectivity index (χ2v) is 9.48. The van der Waals surface area contributed by atoms with Crippen molar-refractivity contribution in [2.75, 3.05) is 13.2 Å². The standard InChI is InChI=1S/C31H29N5O5S/c1-3-39-30(38)28-20(2)34-31(42)35-29(28)25-6-4-5-7-26(25)41-19-27(37)36-33-17-22-12-14-24(15-13-22)40-18-23-10-8-21(16-32)9-11-23/h4-15,17,29H,3,18-19H2,1-2H3,(H,36,37)(H2,34,35,42)/t29-/m0/s1. The van der Waals surface area contributed by atoms with E-state index in [0.717, 1.165) is 11.1 Å². The molecule has 0 aromatic heterocycles. The SMILES string of the molecule is CCOC(=O)C1=C(C)NC(=S)N[C@H]1c1ccccc1OCC(=O)NN=Cc1ccc(OCc2ccc(C#N)cc2)cc1. The van der Waals surface area contributed by atoms with E-state index in [2.05, 4.69) is 27.2 Å². The number of allylic oxidation sites excluding steroid dienone is 1. The maximum Gasteiger partial charge on any atom is 0.338 e.